The zero-order valence-electron chi connectivity index (χ0n) is 22.9. The molecule has 4 aromatic rings. The van der Waals surface area contributed by atoms with Crippen LogP contribution in [0.2, 0.25) is 0 Å². The van der Waals surface area contributed by atoms with E-state index in [0.29, 0.717) is 24.2 Å². The van der Waals surface area contributed by atoms with Crippen LogP contribution in [-0.4, -0.2) is 40.9 Å². The highest BCUT2D eigenvalue weighted by Gasteiger charge is 2.37. The second kappa shape index (κ2) is 13.0. The van der Waals surface area contributed by atoms with Crippen LogP contribution in [0.3, 0.4) is 0 Å². The molecule has 0 saturated heterocycles. The molecule has 0 bridgehead atoms. The third-order valence-electron chi connectivity index (χ3n) is 7.29. The molecule has 4 aromatic carbocycles. The molecule has 2 unspecified atom stereocenters. The first-order valence-electron chi connectivity index (χ1n) is 13.8. The number of aliphatic carboxylic acids is 1. The fourth-order valence-corrected chi connectivity index (χ4v) is 5.13. The number of hydrogen-bond donors (Lipinski definition) is 3. The molecule has 2 atom stereocenters. The van der Waals surface area contributed by atoms with Gasteiger partial charge < -0.3 is 15.7 Å². The van der Waals surface area contributed by atoms with E-state index in [0.717, 1.165) is 16.7 Å². The number of rotatable bonds is 10. The van der Waals surface area contributed by atoms with Gasteiger partial charge in [0.2, 0.25) is 11.8 Å². The normalized spacial score (nSPS) is 14.8. The van der Waals surface area contributed by atoms with Gasteiger partial charge in [0.25, 0.3) is 5.91 Å². The van der Waals surface area contributed by atoms with E-state index in [9.17, 15) is 24.3 Å². The standard InChI is InChI=1S/C34H31N3O5/c38-31(19-16-23-10-4-1-5-11-23)37-29-18-17-26(32(39)36-28(34(41)42)20-24-12-6-2-7-13-24)22-27(29)35-33(40)30(37)21-25-14-8-3-9-15-25/h1-15,17-18,22,28,30H,16,19-21H2,(H,35,40)(H,36,39)(H,41,42). The van der Waals surface area contributed by atoms with E-state index >= 15 is 0 Å². The number of benzene rings is 4. The molecule has 3 N–H and O–H groups in total. The molecule has 0 radical (unpaired) electrons. The molecule has 1 aliphatic rings. The molecule has 0 saturated carbocycles. The van der Waals surface area contributed by atoms with Gasteiger partial charge in [0.15, 0.2) is 0 Å². The van der Waals surface area contributed by atoms with Crippen molar-refractivity contribution in [3.63, 3.8) is 0 Å². The minimum Gasteiger partial charge on any atom is -0.480 e. The van der Waals surface area contributed by atoms with Crippen molar-refractivity contribution in [1.29, 1.82) is 0 Å². The first-order chi connectivity index (χ1) is 20.4. The first-order valence-corrected chi connectivity index (χ1v) is 13.8. The van der Waals surface area contributed by atoms with E-state index in [1.54, 1.807) is 36.4 Å². The maximum atomic E-state index is 13.7. The Hall–Kier alpha value is -5.24. The van der Waals surface area contributed by atoms with E-state index < -0.39 is 24.0 Å². The zero-order chi connectivity index (χ0) is 29.5. The zero-order valence-corrected chi connectivity index (χ0v) is 22.9. The quantitative estimate of drug-likeness (QED) is 0.261. The third kappa shape index (κ3) is 6.72. The highest BCUT2D eigenvalue weighted by Crippen LogP contribution is 2.35. The second-order valence-corrected chi connectivity index (χ2v) is 10.2. The van der Waals surface area contributed by atoms with Crippen LogP contribution in [0.1, 0.15) is 33.5 Å². The van der Waals surface area contributed by atoms with Gasteiger partial charge in [0.1, 0.15) is 12.1 Å². The highest BCUT2D eigenvalue weighted by atomic mass is 16.4. The Balaban J connectivity index is 1.40. The van der Waals surface area contributed by atoms with Crippen LogP contribution >= 0.6 is 0 Å². The van der Waals surface area contributed by atoms with Gasteiger partial charge in [0.05, 0.1) is 11.4 Å². The van der Waals surface area contributed by atoms with Gasteiger partial charge in [-0.15, -0.1) is 0 Å². The van der Waals surface area contributed by atoms with Gasteiger partial charge in [-0.1, -0.05) is 91.0 Å². The van der Waals surface area contributed by atoms with Crippen LogP contribution in [0.15, 0.2) is 109 Å². The van der Waals surface area contributed by atoms with Gasteiger partial charge in [-0.05, 0) is 41.3 Å². The number of nitrogens with one attached hydrogen (secondary N) is 2. The fraction of sp³-hybridized carbons (Fsp3) is 0.176. The van der Waals surface area contributed by atoms with Crippen molar-refractivity contribution in [3.05, 3.63) is 131 Å². The molecule has 1 heterocycles. The lowest BCUT2D eigenvalue weighted by atomic mass is 9.98. The van der Waals surface area contributed by atoms with E-state index in [-0.39, 0.29) is 30.2 Å². The molecule has 3 amide bonds. The molecule has 212 valence electrons. The summed E-state index contributed by atoms with van der Waals surface area (Å²) in [5.41, 5.74) is 3.69. The molecule has 1 aliphatic heterocycles. The summed E-state index contributed by atoms with van der Waals surface area (Å²) in [7, 11) is 0. The van der Waals surface area contributed by atoms with Gasteiger partial charge in [-0.3, -0.25) is 19.3 Å². The Morgan fingerprint density at radius 3 is 2.02 bits per heavy atom. The van der Waals surface area contributed by atoms with Crippen molar-refractivity contribution < 1.29 is 24.3 Å². The van der Waals surface area contributed by atoms with Crippen molar-refractivity contribution in [2.45, 2.75) is 37.8 Å². The lowest BCUT2D eigenvalue weighted by molar-refractivity contribution is -0.139. The predicted octanol–water partition coefficient (Wildman–Crippen LogP) is 4.64. The Morgan fingerprint density at radius 1 is 0.810 bits per heavy atom. The van der Waals surface area contributed by atoms with Crippen LogP contribution in [-0.2, 0) is 33.6 Å². The Morgan fingerprint density at radius 2 is 1.40 bits per heavy atom. The molecular weight excluding hydrogens is 530 g/mol. The number of carboxylic acids is 1. The van der Waals surface area contributed by atoms with Crippen molar-refractivity contribution in [1.82, 2.24) is 5.32 Å². The van der Waals surface area contributed by atoms with E-state index in [1.165, 1.54) is 11.0 Å². The summed E-state index contributed by atoms with van der Waals surface area (Å²) in [6.07, 6.45) is 1.16. The SMILES string of the molecule is O=C(NC(Cc1ccccc1)C(=O)O)c1ccc2c(c1)NC(=O)C(Cc1ccccc1)N2C(=O)CCc1ccccc1. The number of fused-ring (bicyclic) bond motifs is 1. The predicted molar refractivity (Wildman–Crippen MR) is 160 cm³/mol. The third-order valence-corrected chi connectivity index (χ3v) is 7.29. The number of carbonyl (C=O) groups is 4. The number of hydrogen-bond acceptors (Lipinski definition) is 4. The minimum absolute atomic E-state index is 0.119. The average molecular weight is 562 g/mol. The molecule has 8 nitrogen and oxygen atoms in total. The summed E-state index contributed by atoms with van der Waals surface area (Å²) in [5, 5.41) is 15.2. The lowest BCUT2D eigenvalue weighted by Crippen LogP contribution is -2.52. The summed E-state index contributed by atoms with van der Waals surface area (Å²) in [4.78, 5) is 53.7. The van der Waals surface area contributed by atoms with Crippen LogP contribution in [0.5, 0.6) is 0 Å². The monoisotopic (exact) mass is 561 g/mol. The number of carbonyl (C=O) groups excluding carboxylic acids is 3. The van der Waals surface area contributed by atoms with Crippen LogP contribution in [0.25, 0.3) is 0 Å². The minimum atomic E-state index is -1.16. The van der Waals surface area contributed by atoms with Gasteiger partial charge >= 0.3 is 5.97 Å². The maximum absolute atomic E-state index is 13.7. The number of aryl methyl sites for hydroxylation is 1. The average Bonchev–Trinajstić information content (AvgIpc) is 3.01. The smallest absolute Gasteiger partial charge is 0.326 e. The van der Waals surface area contributed by atoms with Crippen molar-refractivity contribution in [2.75, 3.05) is 10.2 Å². The highest BCUT2D eigenvalue weighted by molar-refractivity contribution is 6.13. The number of amides is 3. The fourth-order valence-electron chi connectivity index (χ4n) is 5.13. The summed E-state index contributed by atoms with van der Waals surface area (Å²) in [6, 6.07) is 31.0. The first kappa shape index (κ1) is 28.3. The summed E-state index contributed by atoms with van der Waals surface area (Å²) in [6.45, 7) is 0. The van der Waals surface area contributed by atoms with Gasteiger partial charge in [0, 0.05) is 24.8 Å². The van der Waals surface area contributed by atoms with Crippen LogP contribution in [0, 0.1) is 0 Å². The van der Waals surface area contributed by atoms with Gasteiger partial charge in [-0.25, -0.2) is 4.79 Å². The Labute approximate surface area is 244 Å². The molecule has 0 aliphatic carbocycles. The van der Waals surface area contributed by atoms with Crippen molar-refractivity contribution in [2.24, 2.45) is 0 Å². The molecule has 5 rings (SSSR count). The number of nitrogens with zero attached hydrogens (tertiary/aromatic N) is 1. The summed E-state index contributed by atoms with van der Waals surface area (Å²) >= 11 is 0. The molecule has 0 fully saturated rings. The van der Waals surface area contributed by atoms with Crippen LogP contribution < -0.4 is 15.5 Å². The topological polar surface area (TPSA) is 116 Å². The lowest BCUT2D eigenvalue weighted by Gasteiger charge is -2.37. The number of carboxylic acid groups (broad SMARTS) is 1. The summed E-state index contributed by atoms with van der Waals surface area (Å²) in [5.74, 6) is -2.31. The largest absolute Gasteiger partial charge is 0.480 e. The Kier molecular flexibility index (Phi) is 8.72. The molecular formula is C34H31N3O5. The molecule has 42 heavy (non-hydrogen) atoms. The Bertz CT molecular complexity index is 1580. The molecule has 0 spiro atoms. The second-order valence-electron chi connectivity index (χ2n) is 10.2. The molecule has 0 aromatic heterocycles. The molecule has 8 heteroatoms. The maximum Gasteiger partial charge on any atom is 0.326 e. The summed E-state index contributed by atoms with van der Waals surface area (Å²) < 4.78 is 0. The number of anilines is 2. The van der Waals surface area contributed by atoms with Crippen molar-refractivity contribution in [3.8, 4) is 0 Å². The van der Waals surface area contributed by atoms with Crippen molar-refractivity contribution >= 4 is 35.1 Å². The van der Waals surface area contributed by atoms with E-state index in [4.69, 9.17) is 0 Å². The van der Waals surface area contributed by atoms with E-state index in [1.807, 2.05) is 66.7 Å². The van der Waals surface area contributed by atoms with E-state index in [2.05, 4.69) is 10.6 Å². The van der Waals surface area contributed by atoms with Gasteiger partial charge in [-0.2, -0.15) is 0 Å². The van der Waals surface area contributed by atoms with Crippen LogP contribution in [0.4, 0.5) is 11.4 Å².